The lowest BCUT2D eigenvalue weighted by atomic mass is 9.80. The number of carbonyl (C=O) groups excluding carboxylic acids is 1. The van der Waals surface area contributed by atoms with Crippen molar-refractivity contribution in [3.05, 3.63) is 59.9 Å². The maximum Gasteiger partial charge on any atom is 0.230 e. The summed E-state index contributed by atoms with van der Waals surface area (Å²) in [6.07, 6.45) is 4.41. The number of rotatable bonds is 4. The molecule has 25 heavy (non-hydrogen) atoms. The molecule has 1 aromatic heterocycles. The third-order valence-electron chi connectivity index (χ3n) is 4.32. The van der Waals surface area contributed by atoms with E-state index < -0.39 is 0 Å². The van der Waals surface area contributed by atoms with E-state index in [4.69, 9.17) is 0 Å². The van der Waals surface area contributed by atoms with Crippen molar-refractivity contribution in [1.82, 2.24) is 0 Å². The van der Waals surface area contributed by atoms with Gasteiger partial charge in [0.15, 0.2) is 18.9 Å². The summed E-state index contributed by atoms with van der Waals surface area (Å²) >= 11 is 0. The Kier molecular flexibility index (Phi) is 5.66. The van der Waals surface area contributed by atoms with Crippen molar-refractivity contribution >= 4 is 11.6 Å². The first kappa shape index (κ1) is 19.2. The molecule has 0 aliphatic heterocycles. The van der Waals surface area contributed by atoms with Crippen LogP contribution in [0.2, 0.25) is 0 Å². The van der Waals surface area contributed by atoms with E-state index in [9.17, 15) is 4.79 Å². The Morgan fingerprint density at radius 2 is 1.40 bits per heavy atom. The van der Waals surface area contributed by atoms with Crippen molar-refractivity contribution in [2.24, 2.45) is 0 Å². The molecular formula is C22H31N2O+. The predicted octanol–water partition coefficient (Wildman–Crippen LogP) is 4.60. The summed E-state index contributed by atoms with van der Waals surface area (Å²) in [7, 11) is 0. The van der Waals surface area contributed by atoms with Crippen LogP contribution in [-0.4, -0.2) is 5.91 Å². The number of nitrogens with one attached hydrogen (secondary N) is 1. The number of pyridine rings is 1. The van der Waals surface area contributed by atoms with E-state index in [0.29, 0.717) is 13.0 Å². The lowest BCUT2D eigenvalue weighted by Crippen LogP contribution is -2.34. The molecule has 3 nitrogen and oxygen atoms in total. The van der Waals surface area contributed by atoms with Gasteiger partial charge in [0.1, 0.15) is 0 Å². The van der Waals surface area contributed by atoms with E-state index in [2.05, 4.69) is 65.1 Å². The molecule has 1 N–H and O–H groups in total. The summed E-state index contributed by atoms with van der Waals surface area (Å²) in [6.45, 7) is 13.9. The summed E-state index contributed by atoms with van der Waals surface area (Å²) in [6, 6.07) is 12.4. The third kappa shape index (κ3) is 5.70. The van der Waals surface area contributed by atoms with Crippen molar-refractivity contribution in [2.45, 2.75) is 65.3 Å². The van der Waals surface area contributed by atoms with Gasteiger partial charge in [-0.2, -0.15) is 0 Å². The normalized spacial score (nSPS) is 12.1. The number of aryl methyl sites for hydroxylation is 1. The van der Waals surface area contributed by atoms with E-state index in [1.165, 1.54) is 11.1 Å². The minimum absolute atomic E-state index is 0.0423. The summed E-state index contributed by atoms with van der Waals surface area (Å²) in [5.74, 6) is 0.0438. The largest absolute Gasteiger partial charge is 0.326 e. The molecule has 0 fully saturated rings. The van der Waals surface area contributed by atoms with Gasteiger partial charge in [-0.3, -0.25) is 4.79 Å². The van der Waals surface area contributed by atoms with Gasteiger partial charge in [-0.05, 0) is 34.1 Å². The molecule has 1 amide bonds. The minimum atomic E-state index is 0.0423. The van der Waals surface area contributed by atoms with E-state index in [-0.39, 0.29) is 16.7 Å². The number of nitrogens with zero attached hydrogens (tertiary/aromatic N) is 1. The second-order valence-electron chi connectivity index (χ2n) is 8.71. The Bertz CT molecular complexity index is 690. The summed E-state index contributed by atoms with van der Waals surface area (Å²) in [4.78, 5) is 12.4. The van der Waals surface area contributed by atoms with Crippen LogP contribution in [0.15, 0.2) is 48.8 Å². The van der Waals surface area contributed by atoms with Crippen molar-refractivity contribution < 1.29 is 9.36 Å². The zero-order chi connectivity index (χ0) is 18.7. The molecule has 0 atom stereocenters. The van der Waals surface area contributed by atoms with Crippen molar-refractivity contribution in [2.75, 3.05) is 5.32 Å². The molecule has 2 rings (SSSR count). The SMILES string of the molecule is CC(C)(C)c1cc(NC(=O)CC[n+]2ccccc2)cc(C(C)(C)C)c1. The maximum atomic E-state index is 12.4. The van der Waals surface area contributed by atoms with Gasteiger partial charge in [0, 0.05) is 17.8 Å². The fourth-order valence-electron chi connectivity index (χ4n) is 2.60. The fourth-order valence-corrected chi connectivity index (χ4v) is 2.60. The van der Waals surface area contributed by atoms with Gasteiger partial charge in [0.05, 0.1) is 6.42 Å². The van der Waals surface area contributed by atoms with Crippen LogP contribution in [0, 0.1) is 0 Å². The van der Waals surface area contributed by atoms with Gasteiger partial charge in [0.25, 0.3) is 0 Å². The van der Waals surface area contributed by atoms with Crippen LogP contribution < -0.4 is 9.88 Å². The Hall–Kier alpha value is -2.16. The monoisotopic (exact) mass is 339 g/mol. The maximum absolute atomic E-state index is 12.4. The fraction of sp³-hybridized carbons (Fsp3) is 0.455. The van der Waals surface area contributed by atoms with Crippen LogP contribution in [0.1, 0.15) is 59.1 Å². The van der Waals surface area contributed by atoms with Crippen molar-refractivity contribution in [1.29, 1.82) is 0 Å². The van der Waals surface area contributed by atoms with Crippen LogP contribution in [0.5, 0.6) is 0 Å². The third-order valence-corrected chi connectivity index (χ3v) is 4.32. The highest BCUT2D eigenvalue weighted by molar-refractivity contribution is 5.90. The van der Waals surface area contributed by atoms with Gasteiger partial charge >= 0.3 is 0 Å². The molecule has 0 saturated heterocycles. The standard InChI is InChI=1S/C22H30N2O/c1-21(2,3)17-14-18(22(4,5)6)16-19(15-17)23-20(25)10-13-24-11-8-7-9-12-24/h7-9,11-12,14-16H,10,13H2,1-6H3/p+1. The number of amides is 1. The highest BCUT2D eigenvalue weighted by atomic mass is 16.1. The van der Waals surface area contributed by atoms with Crippen LogP contribution >= 0.6 is 0 Å². The topological polar surface area (TPSA) is 33.0 Å². The van der Waals surface area contributed by atoms with E-state index in [1.807, 2.05) is 35.2 Å². The summed E-state index contributed by atoms with van der Waals surface area (Å²) in [5.41, 5.74) is 3.46. The molecule has 3 heteroatoms. The highest BCUT2D eigenvalue weighted by Gasteiger charge is 2.21. The average molecular weight is 340 g/mol. The van der Waals surface area contributed by atoms with Crippen LogP contribution in [-0.2, 0) is 22.2 Å². The first-order valence-corrected chi connectivity index (χ1v) is 8.96. The first-order chi connectivity index (χ1) is 11.6. The second kappa shape index (κ2) is 7.38. The molecule has 0 radical (unpaired) electrons. The van der Waals surface area contributed by atoms with E-state index in [1.54, 1.807) is 0 Å². The average Bonchev–Trinajstić information content (AvgIpc) is 2.52. The molecular weight excluding hydrogens is 308 g/mol. The van der Waals surface area contributed by atoms with Crippen LogP contribution in [0.4, 0.5) is 5.69 Å². The number of benzene rings is 1. The van der Waals surface area contributed by atoms with E-state index in [0.717, 1.165) is 5.69 Å². The quantitative estimate of drug-likeness (QED) is 0.812. The van der Waals surface area contributed by atoms with Gasteiger partial charge in [-0.15, -0.1) is 0 Å². The molecule has 134 valence electrons. The summed E-state index contributed by atoms with van der Waals surface area (Å²) < 4.78 is 2.02. The molecule has 1 heterocycles. The van der Waals surface area contributed by atoms with Gasteiger partial charge < -0.3 is 5.32 Å². The molecule has 0 unspecified atom stereocenters. The molecule has 0 spiro atoms. The highest BCUT2D eigenvalue weighted by Crippen LogP contribution is 2.32. The number of hydrogen-bond acceptors (Lipinski definition) is 1. The molecule has 0 bridgehead atoms. The van der Waals surface area contributed by atoms with Gasteiger partial charge in [-0.25, -0.2) is 4.57 Å². The molecule has 0 saturated carbocycles. The zero-order valence-corrected chi connectivity index (χ0v) is 16.4. The van der Waals surface area contributed by atoms with Crippen molar-refractivity contribution in [3.8, 4) is 0 Å². The summed E-state index contributed by atoms with van der Waals surface area (Å²) in [5, 5.41) is 3.08. The molecule has 0 aliphatic carbocycles. The number of hydrogen-bond donors (Lipinski definition) is 1. The zero-order valence-electron chi connectivity index (χ0n) is 16.4. The Balaban J connectivity index is 2.16. The van der Waals surface area contributed by atoms with Gasteiger partial charge in [0.2, 0.25) is 5.91 Å². The molecule has 2 aromatic rings. The molecule has 1 aromatic carbocycles. The number of carbonyl (C=O) groups is 1. The van der Waals surface area contributed by atoms with E-state index >= 15 is 0 Å². The first-order valence-electron chi connectivity index (χ1n) is 8.96. The lowest BCUT2D eigenvalue weighted by molar-refractivity contribution is -0.695. The second-order valence-corrected chi connectivity index (χ2v) is 8.71. The number of aromatic nitrogens is 1. The number of anilines is 1. The Morgan fingerprint density at radius 1 is 0.880 bits per heavy atom. The Labute approximate surface area is 152 Å². The van der Waals surface area contributed by atoms with Crippen LogP contribution in [0.25, 0.3) is 0 Å². The predicted molar refractivity (Wildman–Crippen MR) is 104 cm³/mol. The minimum Gasteiger partial charge on any atom is -0.326 e. The van der Waals surface area contributed by atoms with Gasteiger partial charge in [-0.1, -0.05) is 53.7 Å². The van der Waals surface area contributed by atoms with Crippen molar-refractivity contribution in [3.63, 3.8) is 0 Å². The molecule has 0 aliphatic rings. The smallest absolute Gasteiger partial charge is 0.230 e. The van der Waals surface area contributed by atoms with Crippen LogP contribution in [0.3, 0.4) is 0 Å². The lowest BCUT2D eigenvalue weighted by Gasteiger charge is -2.26. The Morgan fingerprint density at radius 3 is 1.88 bits per heavy atom.